The molecule has 3 heterocycles. The second-order valence-electron chi connectivity index (χ2n) is 10.1. The lowest BCUT2D eigenvalue weighted by atomic mass is 10.1. The second kappa shape index (κ2) is 11.7. The van der Waals surface area contributed by atoms with Crippen molar-refractivity contribution in [1.29, 1.82) is 0 Å². The second-order valence-corrected chi connectivity index (χ2v) is 10.1. The van der Waals surface area contributed by atoms with Crippen molar-refractivity contribution >= 4 is 28.4 Å². The topological polar surface area (TPSA) is 69.6 Å². The molecule has 0 saturated carbocycles. The minimum absolute atomic E-state index is 0.158. The number of nitrogens with zero attached hydrogens (tertiary/aromatic N) is 5. The summed E-state index contributed by atoms with van der Waals surface area (Å²) in [6.45, 7) is 6.75. The first-order valence-electron chi connectivity index (χ1n) is 13.3. The van der Waals surface area contributed by atoms with E-state index in [9.17, 15) is 14.0 Å². The van der Waals surface area contributed by atoms with Gasteiger partial charge in [-0.15, -0.1) is 0 Å². The minimum atomic E-state index is -0.413. The largest absolute Gasteiger partial charge is 0.333 e. The maximum absolute atomic E-state index is 14.6. The first-order chi connectivity index (χ1) is 18.9. The Kier molecular flexibility index (Phi) is 7.93. The number of carbonyl (C=O) groups excluding carboxylic acids is 2. The van der Waals surface area contributed by atoms with Gasteiger partial charge in [-0.3, -0.25) is 24.5 Å². The van der Waals surface area contributed by atoms with Crippen LogP contribution in [0.25, 0.3) is 10.9 Å². The Morgan fingerprint density at radius 2 is 1.67 bits per heavy atom. The molecule has 200 valence electrons. The number of anilines is 1. The molecule has 8 heteroatoms. The number of carbonyl (C=O) groups is 2. The van der Waals surface area contributed by atoms with Gasteiger partial charge in [0.05, 0.1) is 11.1 Å². The molecule has 0 spiro atoms. The van der Waals surface area contributed by atoms with Gasteiger partial charge in [0.15, 0.2) is 0 Å². The number of hydrogen-bond acceptors (Lipinski definition) is 5. The standard InChI is InChI=1S/C31H32FN5O2/c1-22(2)35-14-5-15-37(31(39)23-10-12-33-13-11-23)29-9-8-27(32)19-26(29)21-36(17-16-35)30(38)25-18-24-6-3-4-7-28(24)34-20-25/h3-4,6-13,18-20,22H,5,14-17,21H2,1-2H3. The Morgan fingerprint density at radius 1 is 0.872 bits per heavy atom. The van der Waals surface area contributed by atoms with Crippen LogP contribution in [-0.4, -0.2) is 63.8 Å². The highest BCUT2D eigenvalue weighted by molar-refractivity contribution is 6.06. The summed E-state index contributed by atoms with van der Waals surface area (Å²) >= 11 is 0. The van der Waals surface area contributed by atoms with Crippen LogP contribution < -0.4 is 4.90 Å². The number of halogens is 1. The van der Waals surface area contributed by atoms with Crippen molar-refractivity contribution in [2.45, 2.75) is 32.9 Å². The Hall–Kier alpha value is -4.17. The van der Waals surface area contributed by atoms with E-state index in [0.29, 0.717) is 42.0 Å². The van der Waals surface area contributed by atoms with Crippen LogP contribution in [0.2, 0.25) is 0 Å². The van der Waals surface area contributed by atoms with E-state index in [1.807, 2.05) is 30.3 Å². The molecule has 0 atom stereocenters. The molecule has 4 aromatic rings. The summed E-state index contributed by atoms with van der Waals surface area (Å²) in [6.07, 6.45) is 5.50. The molecule has 0 unspecified atom stereocenters. The van der Waals surface area contributed by atoms with E-state index >= 15 is 0 Å². The lowest BCUT2D eigenvalue weighted by molar-refractivity contribution is 0.0711. The maximum Gasteiger partial charge on any atom is 0.258 e. The summed E-state index contributed by atoms with van der Waals surface area (Å²) in [5.74, 6) is -0.779. The molecule has 0 bridgehead atoms. The quantitative estimate of drug-likeness (QED) is 0.369. The van der Waals surface area contributed by atoms with Crippen LogP contribution >= 0.6 is 0 Å². The van der Waals surface area contributed by atoms with Crippen molar-refractivity contribution in [3.8, 4) is 0 Å². The Morgan fingerprint density at radius 3 is 2.46 bits per heavy atom. The average Bonchev–Trinajstić information content (AvgIpc) is 2.99. The average molecular weight is 526 g/mol. The van der Waals surface area contributed by atoms with Gasteiger partial charge in [-0.25, -0.2) is 4.39 Å². The van der Waals surface area contributed by atoms with Crippen LogP contribution in [-0.2, 0) is 6.54 Å². The molecule has 1 aliphatic rings. The van der Waals surface area contributed by atoms with Crippen molar-refractivity contribution in [3.05, 3.63) is 102 Å². The van der Waals surface area contributed by atoms with Crippen LogP contribution in [0.15, 0.2) is 79.3 Å². The van der Waals surface area contributed by atoms with Crippen molar-refractivity contribution in [2.75, 3.05) is 31.1 Å². The first kappa shape index (κ1) is 26.4. The van der Waals surface area contributed by atoms with Crippen molar-refractivity contribution in [2.24, 2.45) is 0 Å². The Labute approximate surface area is 227 Å². The molecule has 0 saturated heterocycles. The summed E-state index contributed by atoms with van der Waals surface area (Å²) in [5.41, 5.74) is 2.98. The highest BCUT2D eigenvalue weighted by atomic mass is 19.1. The van der Waals surface area contributed by atoms with Gasteiger partial charge < -0.3 is 9.80 Å². The smallest absolute Gasteiger partial charge is 0.258 e. The maximum atomic E-state index is 14.6. The molecule has 0 N–H and O–H groups in total. The predicted molar refractivity (Wildman–Crippen MR) is 150 cm³/mol. The fourth-order valence-electron chi connectivity index (χ4n) is 5.06. The van der Waals surface area contributed by atoms with Gasteiger partial charge in [-0.1, -0.05) is 18.2 Å². The highest BCUT2D eigenvalue weighted by Gasteiger charge is 2.26. The predicted octanol–water partition coefficient (Wildman–Crippen LogP) is 5.17. The summed E-state index contributed by atoms with van der Waals surface area (Å²) in [5, 5.41) is 0.880. The highest BCUT2D eigenvalue weighted by Crippen LogP contribution is 2.27. The van der Waals surface area contributed by atoms with Gasteiger partial charge in [0.25, 0.3) is 11.8 Å². The molecular formula is C31H32FN5O2. The number of fused-ring (bicyclic) bond motifs is 2. The van der Waals surface area contributed by atoms with E-state index in [-0.39, 0.29) is 24.4 Å². The van der Waals surface area contributed by atoms with Crippen LogP contribution in [0.4, 0.5) is 10.1 Å². The van der Waals surface area contributed by atoms with Crippen molar-refractivity contribution < 1.29 is 14.0 Å². The van der Waals surface area contributed by atoms with Gasteiger partial charge in [-0.2, -0.15) is 0 Å². The normalized spacial score (nSPS) is 15.2. The third-order valence-electron chi connectivity index (χ3n) is 7.21. The zero-order chi connectivity index (χ0) is 27.4. The summed E-state index contributed by atoms with van der Waals surface area (Å²) in [4.78, 5) is 41.8. The van der Waals surface area contributed by atoms with E-state index in [4.69, 9.17) is 0 Å². The number of hydrogen-bond donors (Lipinski definition) is 0. The number of pyridine rings is 2. The number of aromatic nitrogens is 2. The third kappa shape index (κ3) is 5.96. The van der Waals surface area contributed by atoms with E-state index in [2.05, 4.69) is 28.7 Å². The number of rotatable bonds is 3. The van der Waals surface area contributed by atoms with Crippen LogP contribution in [0.5, 0.6) is 0 Å². The fraction of sp³-hybridized carbons (Fsp3) is 0.290. The lowest BCUT2D eigenvalue weighted by Crippen LogP contribution is -2.41. The fourth-order valence-corrected chi connectivity index (χ4v) is 5.06. The first-order valence-corrected chi connectivity index (χ1v) is 13.3. The van der Waals surface area contributed by atoms with Crippen molar-refractivity contribution in [3.63, 3.8) is 0 Å². The molecule has 2 aromatic carbocycles. The van der Waals surface area contributed by atoms with E-state index in [1.165, 1.54) is 12.1 Å². The van der Waals surface area contributed by atoms with E-state index < -0.39 is 5.82 Å². The molecule has 2 amide bonds. The summed E-state index contributed by atoms with van der Waals surface area (Å²) < 4.78 is 14.6. The number of amides is 2. The van der Waals surface area contributed by atoms with Crippen LogP contribution in [0.3, 0.4) is 0 Å². The molecule has 39 heavy (non-hydrogen) atoms. The Balaban J connectivity index is 1.55. The van der Waals surface area contributed by atoms with E-state index in [0.717, 1.165) is 23.9 Å². The molecule has 1 aliphatic heterocycles. The SMILES string of the molecule is CC(C)N1CCCN(C(=O)c2ccncc2)c2ccc(F)cc2CN(C(=O)c2cnc3ccccc3c2)CC1. The number of benzene rings is 2. The van der Waals surface area contributed by atoms with Crippen molar-refractivity contribution in [1.82, 2.24) is 19.8 Å². The molecule has 0 aliphatic carbocycles. The molecule has 2 aromatic heterocycles. The molecule has 7 nitrogen and oxygen atoms in total. The monoisotopic (exact) mass is 525 g/mol. The Bertz CT molecular complexity index is 1480. The van der Waals surface area contributed by atoms with Crippen LogP contribution in [0.1, 0.15) is 46.5 Å². The molecule has 0 fully saturated rings. The van der Waals surface area contributed by atoms with Gasteiger partial charge in [0, 0.05) is 74.0 Å². The third-order valence-corrected chi connectivity index (χ3v) is 7.21. The zero-order valence-electron chi connectivity index (χ0n) is 22.3. The molecule has 0 radical (unpaired) electrons. The van der Waals surface area contributed by atoms with Gasteiger partial charge in [-0.05, 0) is 68.3 Å². The minimum Gasteiger partial charge on any atom is -0.333 e. The van der Waals surface area contributed by atoms with Gasteiger partial charge in [0.1, 0.15) is 5.82 Å². The summed E-state index contributed by atoms with van der Waals surface area (Å²) in [7, 11) is 0. The van der Waals surface area contributed by atoms with Gasteiger partial charge >= 0.3 is 0 Å². The van der Waals surface area contributed by atoms with Crippen LogP contribution in [0, 0.1) is 5.82 Å². The molecule has 5 rings (SSSR count). The lowest BCUT2D eigenvalue weighted by Gasteiger charge is -2.30. The van der Waals surface area contributed by atoms with Gasteiger partial charge in [0.2, 0.25) is 0 Å². The van der Waals surface area contributed by atoms with E-state index in [1.54, 1.807) is 46.6 Å². The number of para-hydroxylation sites is 1. The zero-order valence-corrected chi connectivity index (χ0v) is 22.3. The molecular weight excluding hydrogens is 493 g/mol. The summed E-state index contributed by atoms with van der Waals surface area (Å²) in [6, 6.07) is 17.6.